The summed E-state index contributed by atoms with van der Waals surface area (Å²) in [6, 6.07) is 0. The van der Waals surface area contributed by atoms with Crippen molar-refractivity contribution in [1.29, 1.82) is 0 Å². The van der Waals surface area contributed by atoms with Gasteiger partial charge in [0.15, 0.2) is 0 Å². The molecule has 0 saturated carbocycles. The van der Waals surface area contributed by atoms with Crippen LogP contribution >= 0.6 is 21.6 Å². The van der Waals surface area contributed by atoms with Crippen LogP contribution in [0.5, 0.6) is 0 Å². The third-order valence-corrected chi connectivity index (χ3v) is 3.12. The lowest BCUT2D eigenvalue weighted by atomic mass is 10.4. The van der Waals surface area contributed by atoms with Crippen LogP contribution in [0, 0.1) is 0 Å². The zero-order valence-electron chi connectivity index (χ0n) is 4.53. The van der Waals surface area contributed by atoms with E-state index in [1.807, 2.05) is 11.5 Å². The fourth-order valence-electron chi connectivity index (χ4n) is 0.441. The summed E-state index contributed by atoms with van der Waals surface area (Å²) in [5.41, 5.74) is 2.08. The second-order valence-corrected chi connectivity index (χ2v) is 3.77. The SMILES string of the molecule is NNC(=O)C1C=CSS1. The van der Waals surface area contributed by atoms with Gasteiger partial charge in [-0.15, -0.1) is 0 Å². The van der Waals surface area contributed by atoms with Crippen molar-refractivity contribution in [3.05, 3.63) is 11.5 Å². The number of carbonyl (C=O) groups is 1. The number of nitrogens with two attached hydrogens (primary N) is 1. The fourth-order valence-corrected chi connectivity index (χ4v) is 2.44. The zero-order valence-corrected chi connectivity index (χ0v) is 6.17. The number of hydrazine groups is 1. The van der Waals surface area contributed by atoms with Crippen LogP contribution in [0.4, 0.5) is 0 Å². The number of hydrogen-bond donors (Lipinski definition) is 2. The second-order valence-electron chi connectivity index (χ2n) is 1.45. The Morgan fingerprint density at radius 3 is 3.00 bits per heavy atom. The third-order valence-electron chi connectivity index (χ3n) is 0.869. The summed E-state index contributed by atoms with van der Waals surface area (Å²) < 4.78 is 0. The predicted octanol–water partition coefficient (Wildman–Crippen LogP) is 0.254. The average molecular weight is 162 g/mol. The number of hydrogen-bond acceptors (Lipinski definition) is 4. The first-order valence-corrected chi connectivity index (χ1v) is 4.61. The van der Waals surface area contributed by atoms with Gasteiger partial charge in [-0.1, -0.05) is 27.7 Å². The van der Waals surface area contributed by atoms with Gasteiger partial charge in [0, 0.05) is 0 Å². The van der Waals surface area contributed by atoms with E-state index in [-0.39, 0.29) is 11.2 Å². The van der Waals surface area contributed by atoms with Crippen molar-refractivity contribution in [2.75, 3.05) is 0 Å². The van der Waals surface area contributed by atoms with E-state index < -0.39 is 0 Å². The summed E-state index contributed by atoms with van der Waals surface area (Å²) in [6.45, 7) is 0. The van der Waals surface area contributed by atoms with E-state index in [2.05, 4.69) is 5.43 Å². The Balaban J connectivity index is 2.43. The molecule has 0 fully saturated rings. The molecule has 1 atom stereocenters. The molecule has 5 heteroatoms. The minimum Gasteiger partial charge on any atom is -0.293 e. The van der Waals surface area contributed by atoms with Gasteiger partial charge < -0.3 is 0 Å². The smallest absolute Gasteiger partial charge is 0.251 e. The summed E-state index contributed by atoms with van der Waals surface area (Å²) in [4.78, 5) is 10.7. The molecular weight excluding hydrogens is 156 g/mol. The molecule has 9 heavy (non-hydrogen) atoms. The molecule has 1 amide bonds. The number of carbonyl (C=O) groups excluding carboxylic acids is 1. The van der Waals surface area contributed by atoms with E-state index in [4.69, 9.17) is 5.84 Å². The number of amides is 1. The minimum atomic E-state index is -0.138. The highest BCUT2D eigenvalue weighted by Crippen LogP contribution is 2.35. The maximum Gasteiger partial charge on any atom is 0.251 e. The van der Waals surface area contributed by atoms with Crippen LogP contribution < -0.4 is 11.3 Å². The molecule has 0 aromatic carbocycles. The zero-order chi connectivity index (χ0) is 6.69. The number of nitrogens with one attached hydrogen (secondary N) is 1. The molecule has 1 aliphatic rings. The maximum absolute atomic E-state index is 10.7. The highest BCUT2D eigenvalue weighted by Gasteiger charge is 2.17. The third kappa shape index (κ3) is 1.64. The minimum absolute atomic E-state index is 0.0972. The largest absolute Gasteiger partial charge is 0.293 e. The van der Waals surface area contributed by atoms with Crippen molar-refractivity contribution in [2.45, 2.75) is 5.25 Å². The lowest BCUT2D eigenvalue weighted by Gasteiger charge is -2.01. The summed E-state index contributed by atoms with van der Waals surface area (Å²) in [5, 5.41) is 1.78. The predicted molar refractivity (Wildman–Crippen MR) is 40.4 cm³/mol. The summed E-state index contributed by atoms with van der Waals surface area (Å²) >= 11 is 0. The number of rotatable bonds is 1. The first-order valence-electron chi connectivity index (χ1n) is 2.34. The summed E-state index contributed by atoms with van der Waals surface area (Å²) in [6.07, 6.45) is 1.82. The molecule has 3 nitrogen and oxygen atoms in total. The van der Waals surface area contributed by atoms with Crippen molar-refractivity contribution in [2.24, 2.45) is 5.84 Å². The second kappa shape index (κ2) is 3.14. The lowest BCUT2D eigenvalue weighted by molar-refractivity contribution is -0.119. The van der Waals surface area contributed by atoms with Crippen molar-refractivity contribution in [1.82, 2.24) is 5.43 Å². The molecule has 0 aromatic rings. The van der Waals surface area contributed by atoms with Crippen LogP contribution in [-0.4, -0.2) is 11.2 Å². The molecule has 0 saturated heterocycles. The van der Waals surface area contributed by atoms with E-state index in [1.54, 1.807) is 10.8 Å². The molecule has 0 spiro atoms. The highest BCUT2D eigenvalue weighted by molar-refractivity contribution is 8.78. The maximum atomic E-state index is 10.7. The van der Waals surface area contributed by atoms with Crippen LogP contribution in [0.2, 0.25) is 0 Å². The Morgan fingerprint density at radius 2 is 2.56 bits per heavy atom. The standard InChI is InChI=1S/C4H6N2OS2/c5-6-4(7)3-1-2-8-9-3/h1-3H,5H2,(H,6,7). The Morgan fingerprint density at radius 1 is 1.78 bits per heavy atom. The molecule has 1 rings (SSSR count). The Bertz CT molecular complexity index is 148. The van der Waals surface area contributed by atoms with Gasteiger partial charge in [-0.25, -0.2) is 5.84 Å². The normalized spacial score (nSPS) is 24.3. The summed E-state index contributed by atoms with van der Waals surface area (Å²) in [7, 11) is 3.03. The summed E-state index contributed by atoms with van der Waals surface area (Å²) in [5.74, 6) is 4.76. The van der Waals surface area contributed by atoms with Gasteiger partial charge in [-0.2, -0.15) is 0 Å². The van der Waals surface area contributed by atoms with E-state index in [9.17, 15) is 4.79 Å². The highest BCUT2D eigenvalue weighted by atomic mass is 33.1. The first kappa shape index (κ1) is 6.98. The van der Waals surface area contributed by atoms with Crippen LogP contribution in [0.15, 0.2) is 11.5 Å². The molecule has 1 heterocycles. The van der Waals surface area contributed by atoms with Crippen molar-refractivity contribution in [3.8, 4) is 0 Å². The molecule has 0 radical (unpaired) electrons. The van der Waals surface area contributed by atoms with Gasteiger partial charge >= 0.3 is 0 Å². The quantitative estimate of drug-likeness (QED) is 0.251. The molecule has 0 aromatic heterocycles. The Labute approximate surface area is 60.8 Å². The fraction of sp³-hybridized carbons (Fsp3) is 0.250. The monoisotopic (exact) mass is 162 g/mol. The van der Waals surface area contributed by atoms with Gasteiger partial charge in [0.25, 0.3) is 5.91 Å². The van der Waals surface area contributed by atoms with Crippen molar-refractivity contribution >= 4 is 27.5 Å². The van der Waals surface area contributed by atoms with E-state index in [1.165, 1.54) is 10.8 Å². The van der Waals surface area contributed by atoms with Gasteiger partial charge in [0.2, 0.25) is 0 Å². The topological polar surface area (TPSA) is 55.1 Å². The van der Waals surface area contributed by atoms with Crippen LogP contribution in [0.1, 0.15) is 0 Å². The molecular formula is C4H6N2OS2. The lowest BCUT2D eigenvalue weighted by Crippen LogP contribution is -2.35. The van der Waals surface area contributed by atoms with Crippen LogP contribution in [0.3, 0.4) is 0 Å². The van der Waals surface area contributed by atoms with Gasteiger partial charge in [0.05, 0.1) is 0 Å². The van der Waals surface area contributed by atoms with E-state index in [0.29, 0.717) is 0 Å². The Kier molecular flexibility index (Phi) is 2.44. The molecule has 1 unspecified atom stereocenters. The van der Waals surface area contributed by atoms with Crippen LogP contribution in [-0.2, 0) is 4.79 Å². The van der Waals surface area contributed by atoms with Crippen molar-refractivity contribution < 1.29 is 4.79 Å². The first-order chi connectivity index (χ1) is 4.34. The average Bonchev–Trinajstić information content (AvgIpc) is 2.37. The van der Waals surface area contributed by atoms with Gasteiger partial charge in [-0.3, -0.25) is 10.2 Å². The van der Waals surface area contributed by atoms with E-state index >= 15 is 0 Å². The van der Waals surface area contributed by atoms with E-state index in [0.717, 1.165) is 0 Å². The molecule has 50 valence electrons. The van der Waals surface area contributed by atoms with Crippen LogP contribution in [0.25, 0.3) is 0 Å². The van der Waals surface area contributed by atoms with Crippen molar-refractivity contribution in [3.63, 3.8) is 0 Å². The molecule has 1 aliphatic heterocycles. The molecule has 0 bridgehead atoms. The molecule has 0 aliphatic carbocycles. The van der Waals surface area contributed by atoms with Gasteiger partial charge in [-0.05, 0) is 5.41 Å². The van der Waals surface area contributed by atoms with Gasteiger partial charge in [0.1, 0.15) is 5.25 Å². The molecule has 3 N–H and O–H groups in total. The Hall–Kier alpha value is -0.130.